The molecule has 0 aliphatic rings. The van der Waals surface area contributed by atoms with E-state index >= 15 is 0 Å². The minimum atomic E-state index is -0.394. The van der Waals surface area contributed by atoms with E-state index in [2.05, 4.69) is 13.8 Å². The van der Waals surface area contributed by atoms with Crippen LogP contribution >= 0.6 is 0 Å². The lowest BCUT2D eigenvalue weighted by Gasteiger charge is -2.36. The van der Waals surface area contributed by atoms with Crippen molar-refractivity contribution in [2.24, 2.45) is 5.92 Å². The average molecular weight is 160 g/mol. The molecular weight excluding hydrogens is 140 g/mol. The van der Waals surface area contributed by atoms with Gasteiger partial charge in [0.1, 0.15) is 0 Å². The largest absolute Gasteiger partial charge is 0.390 e. The van der Waals surface area contributed by atoms with Gasteiger partial charge in [0, 0.05) is 7.11 Å². The van der Waals surface area contributed by atoms with Gasteiger partial charge in [-0.25, -0.2) is 0 Å². The first kappa shape index (κ1) is 10.9. The van der Waals surface area contributed by atoms with Crippen molar-refractivity contribution in [2.45, 2.75) is 45.8 Å². The molecule has 0 bridgehead atoms. The van der Waals surface area contributed by atoms with E-state index in [0.717, 1.165) is 6.42 Å². The van der Waals surface area contributed by atoms with Gasteiger partial charge in [0.15, 0.2) is 0 Å². The molecule has 0 aliphatic heterocycles. The molecule has 0 aromatic heterocycles. The Bertz CT molecular complexity index is 112. The first-order valence-electron chi connectivity index (χ1n) is 4.22. The highest BCUT2D eigenvalue weighted by Gasteiger charge is 2.34. The highest BCUT2D eigenvalue weighted by molar-refractivity contribution is 4.85. The molecule has 68 valence electrons. The van der Waals surface area contributed by atoms with E-state index in [0.29, 0.717) is 5.92 Å². The van der Waals surface area contributed by atoms with E-state index in [4.69, 9.17) is 4.74 Å². The summed E-state index contributed by atoms with van der Waals surface area (Å²) in [4.78, 5) is 0. The Morgan fingerprint density at radius 1 is 1.45 bits per heavy atom. The van der Waals surface area contributed by atoms with Crippen LogP contribution in [-0.4, -0.2) is 23.9 Å². The summed E-state index contributed by atoms with van der Waals surface area (Å²) in [6, 6.07) is 0. The highest BCUT2D eigenvalue weighted by atomic mass is 16.5. The van der Waals surface area contributed by atoms with Gasteiger partial charge in [0.05, 0.1) is 11.7 Å². The van der Waals surface area contributed by atoms with E-state index < -0.39 is 5.60 Å². The third-order valence-corrected chi connectivity index (χ3v) is 2.63. The van der Waals surface area contributed by atoms with Gasteiger partial charge in [-0.15, -0.1) is 0 Å². The topological polar surface area (TPSA) is 29.5 Å². The molecule has 0 saturated heterocycles. The molecule has 0 aliphatic carbocycles. The fourth-order valence-corrected chi connectivity index (χ4v) is 1.16. The number of methoxy groups -OCH3 is 1. The molecule has 0 rings (SSSR count). The van der Waals surface area contributed by atoms with Crippen LogP contribution < -0.4 is 0 Å². The lowest BCUT2D eigenvalue weighted by Crippen LogP contribution is -2.45. The smallest absolute Gasteiger partial charge is 0.0930 e. The highest BCUT2D eigenvalue weighted by Crippen LogP contribution is 2.26. The van der Waals surface area contributed by atoms with Gasteiger partial charge in [-0.05, 0) is 19.3 Å². The molecular formula is C9H20O2. The van der Waals surface area contributed by atoms with Gasteiger partial charge in [-0.1, -0.05) is 20.8 Å². The van der Waals surface area contributed by atoms with Crippen LogP contribution in [-0.2, 0) is 4.74 Å². The molecule has 2 nitrogen and oxygen atoms in total. The molecule has 0 heterocycles. The molecule has 0 saturated carbocycles. The van der Waals surface area contributed by atoms with Gasteiger partial charge in [-0.3, -0.25) is 0 Å². The van der Waals surface area contributed by atoms with Crippen molar-refractivity contribution in [3.8, 4) is 0 Å². The number of ether oxygens (including phenoxy) is 1. The van der Waals surface area contributed by atoms with Crippen molar-refractivity contribution in [1.82, 2.24) is 0 Å². The third-order valence-electron chi connectivity index (χ3n) is 2.63. The Balaban J connectivity index is 4.32. The molecule has 0 amide bonds. The molecule has 11 heavy (non-hydrogen) atoms. The maximum Gasteiger partial charge on any atom is 0.0930 e. The Hall–Kier alpha value is -0.0800. The molecule has 0 spiro atoms. The van der Waals surface area contributed by atoms with Gasteiger partial charge >= 0.3 is 0 Å². The molecule has 0 aromatic carbocycles. The van der Waals surface area contributed by atoms with Crippen LogP contribution in [0.2, 0.25) is 0 Å². The van der Waals surface area contributed by atoms with Crippen LogP contribution in [0, 0.1) is 5.92 Å². The zero-order chi connectivity index (χ0) is 9.07. The summed E-state index contributed by atoms with van der Waals surface area (Å²) in [5.74, 6) is 0.336. The number of aliphatic hydroxyl groups excluding tert-OH is 1. The van der Waals surface area contributed by atoms with Crippen molar-refractivity contribution in [2.75, 3.05) is 7.11 Å². The molecule has 0 radical (unpaired) electrons. The Morgan fingerprint density at radius 3 is 2.00 bits per heavy atom. The Kier molecular flexibility index (Phi) is 4.04. The second kappa shape index (κ2) is 4.07. The second-order valence-electron chi connectivity index (χ2n) is 3.47. The lowest BCUT2D eigenvalue weighted by molar-refractivity contribution is -0.119. The van der Waals surface area contributed by atoms with E-state index in [1.165, 1.54) is 0 Å². The van der Waals surface area contributed by atoms with Crippen molar-refractivity contribution in [1.29, 1.82) is 0 Å². The fourth-order valence-electron chi connectivity index (χ4n) is 1.16. The standard InChI is InChI=1S/C9H20O2/c1-6-8(10)9(4,11-5)7(2)3/h7-8,10H,6H2,1-5H3. The molecule has 2 heteroatoms. The van der Waals surface area contributed by atoms with E-state index in [1.54, 1.807) is 7.11 Å². The van der Waals surface area contributed by atoms with Crippen LogP contribution in [0.3, 0.4) is 0 Å². The predicted molar refractivity (Wildman–Crippen MR) is 46.5 cm³/mol. The van der Waals surface area contributed by atoms with Crippen molar-refractivity contribution in [3.63, 3.8) is 0 Å². The first-order chi connectivity index (χ1) is 4.99. The minimum absolute atomic E-state index is 0.336. The molecule has 2 unspecified atom stereocenters. The second-order valence-corrected chi connectivity index (χ2v) is 3.47. The van der Waals surface area contributed by atoms with Gasteiger partial charge in [0.2, 0.25) is 0 Å². The minimum Gasteiger partial charge on any atom is -0.390 e. The van der Waals surface area contributed by atoms with Crippen LogP contribution in [0.15, 0.2) is 0 Å². The monoisotopic (exact) mass is 160 g/mol. The first-order valence-corrected chi connectivity index (χ1v) is 4.22. The van der Waals surface area contributed by atoms with Gasteiger partial charge < -0.3 is 9.84 Å². The van der Waals surface area contributed by atoms with Gasteiger partial charge in [0.25, 0.3) is 0 Å². The van der Waals surface area contributed by atoms with Crippen LogP contribution in [0.5, 0.6) is 0 Å². The van der Waals surface area contributed by atoms with Crippen molar-refractivity contribution >= 4 is 0 Å². The zero-order valence-electron chi connectivity index (χ0n) is 8.22. The molecule has 2 atom stereocenters. The summed E-state index contributed by atoms with van der Waals surface area (Å²) < 4.78 is 5.30. The SMILES string of the molecule is CCC(O)C(C)(OC)C(C)C. The normalized spacial score (nSPS) is 19.9. The molecule has 0 fully saturated rings. The zero-order valence-corrected chi connectivity index (χ0v) is 8.22. The number of hydrogen-bond acceptors (Lipinski definition) is 2. The maximum atomic E-state index is 9.62. The third kappa shape index (κ3) is 2.17. The quantitative estimate of drug-likeness (QED) is 0.679. The number of aliphatic hydroxyl groups is 1. The van der Waals surface area contributed by atoms with Crippen LogP contribution in [0.4, 0.5) is 0 Å². The Morgan fingerprint density at radius 2 is 1.91 bits per heavy atom. The summed E-state index contributed by atoms with van der Waals surface area (Å²) in [5.41, 5.74) is -0.394. The molecule has 0 aromatic rings. The number of rotatable bonds is 4. The maximum absolute atomic E-state index is 9.62. The van der Waals surface area contributed by atoms with Gasteiger partial charge in [-0.2, -0.15) is 0 Å². The van der Waals surface area contributed by atoms with Crippen molar-refractivity contribution < 1.29 is 9.84 Å². The van der Waals surface area contributed by atoms with Crippen LogP contribution in [0.1, 0.15) is 34.1 Å². The summed E-state index contributed by atoms with van der Waals surface area (Å²) in [6.07, 6.45) is 0.371. The number of hydrogen-bond donors (Lipinski definition) is 1. The predicted octanol–water partition coefficient (Wildman–Crippen LogP) is 1.82. The van der Waals surface area contributed by atoms with Crippen molar-refractivity contribution in [3.05, 3.63) is 0 Å². The summed E-state index contributed by atoms with van der Waals surface area (Å²) in [6.45, 7) is 8.03. The molecule has 1 N–H and O–H groups in total. The van der Waals surface area contributed by atoms with Crippen LogP contribution in [0.25, 0.3) is 0 Å². The van der Waals surface area contributed by atoms with E-state index in [1.807, 2.05) is 13.8 Å². The summed E-state index contributed by atoms with van der Waals surface area (Å²) in [7, 11) is 1.65. The van der Waals surface area contributed by atoms with E-state index in [-0.39, 0.29) is 6.10 Å². The average Bonchev–Trinajstić information content (AvgIpc) is 2.01. The Labute approximate surface area is 69.6 Å². The fraction of sp³-hybridized carbons (Fsp3) is 1.00. The lowest BCUT2D eigenvalue weighted by atomic mass is 9.85. The summed E-state index contributed by atoms with van der Waals surface area (Å²) in [5, 5.41) is 9.62. The summed E-state index contributed by atoms with van der Waals surface area (Å²) >= 11 is 0. The van der Waals surface area contributed by atoms with E-state index in [9.17, 15) is 5.11 Å².